The van der Waals surface area contributed by atoms with Crippen molar-refractivity contribution in [3.63, 3.8) is 0 Å². The number of amides is 1. The molecule has 0 unspecified atom stereocenters. The third kappa shape index (κ3) is 2.43. The van der Waals surface area contributed by atoms with Crippen LogP contribution in [0.25, 0.3) is 0 Å². The second kappa shape index (κ2) is 3.97. The Morgan fingerprint density at radius 1 is 1.33 bits per heavy atom. The van der Waals surface area contributed by atoms with Crippen LogP contribution in [-0.4, -0.2) is 5.91 Å². The highest BCUT2D eigenvalue weighted by Crippen LogP contribution is 2.23. The van der Waals surface area contributed by atoms with E-state index in [1.165, 1.54) is 11.8 Å². The van der Waals surface area contributed by atoms with Crippen LogP contribution >= 0.6 is 11.8 Å². The van der Waals surface area contributed by atoms with E-state index >= 15 is 0 Å². The molecule has 0 aliphatic rings. The molecule has 2 nitrogen and oxygen atoms in total. The molecule has 0 atom stereocenters. The summed E-state index contributed by atoms with van der Waals surface area (Å²) < 4.78 is 0. The Bertz CT molecular complexity index is 295. The van der Waals surface area contributed by atoms with E-state index in [9.17, 15) is 4.79 Å². The molecule has 0 heterocycles. The van der Waals surface area contributed by atoms with Crippen molar-refractivity contribution < 1.29 is 4.79 Å². The fourth-order valence-electron chi connectivity index (χ4n) is 0.681. The summed E-state index contributed by atoms with van der Waals surface area (Å²) >= 11 is 1.28. The molecule has 1 aromatic rings. The third-order valence-electron chi connectivity index (χ3n) is 1.26. The Morgan fingerprint density at radius 3 is 2.42 bits per heavy atom. The second-order valence-corrected chi connectivity index (χ2v) is 3.37. The Morgan fingerprint density at radius 2 is 1.92 bits per heavy atom. The number of nitrogens with two attached hydrogens (primary N) is 1. The molecular weight excluding hydrogens is 170 g/mol. The van der Waals surface area contributed by atoms with Crippen LogP contribution in [0.15, 0.2) is 46.7 Å². The number of rotatable bonds is 3. The molecule has 0 saturated heterocycles. The van der Waals surface area contributed by atoms with E-state index in [4.69, 9.17) is 5.73 Å². The van der Waals surface area contributed by atoms with Gasteiger partial charge in [0.2, 0.25) is 0 Å². The standard InChI is InChI=1S/C9H9NOS/c1-7(9(10)11)12-8-5-3-2-4-6-8/h2-6H,1H2,(H2,10,11). The first-order valence-electron chi connectivity index (χ1n) is 3.42. The van der Waals surface area contributed by atoms with E-state index < -0.39 is 5.91 Å². The van der Waals surface area contributed by atoms with Crippen LogP contribution in [0.5, 0.6) is 0 Å². The molecule has 62 valence electrons. The summed E-state index contributed by atoms with van der Waals surface area (Å²) in [4.78, 5) is 11.9. The maximum absolute atomic E-state index is 10.6. The second-order valence-electron chi connectivity index (χ2n) is 2.20. The quantitative estimate of drug-likeness (QED) is 0.567. The number of hydrogen-bond acceptors (Lipinski definition) is 2. The highest BCUT2D eigenvalue weighted by atomic mass is 32.2. The summed E-state index contributed by atoms with van der Waals surface area (Å²) in [5.74, 6) is -0.469. The summed E-state index contributed by atoms with van der Waals surface area (Å²) in [7, 11) is 0. The van der Waals surface area contributed by atoms with Gasteiger partial charge in [-0.05, 0) is 12.1 Å². The first-order valence-corrected chi connectivity index (χ1v) is 4.23. The molecule has 1 rings (SSSR count). The van der Waals surface area contributed by atoms with Gasteiger partial charge in [0.05, 0.1) is 4.91 Å². The van der Waals surface area contributed by atoms with E-state index in [0.29, 0.717) is 4.91 Å². The van der Waals surface area contributed by atoms with Crippen molar-refractivity contribution in [1.29, 1.82) is 0 Å². The summed E-state index contributed by atoms with van der Waals surface area (Å²) in [5.41, 5.74) is 5.02. The van der Waals surface area contributed by atoms with Gasteiger partial charge >= 0.3 is 0 Å². The van der Waals surface area contributed by atoms with Gasteiger partial charge in [-0.1, -0.05) is 36.5 Å². The zero-order valence-electron chi connectivity index (χ0n) is 6.49. The van der Waals surface area contributed by atoms with Crippen molar-refractivity contribution in [1.82, 2.24) is 0 Å². The lowest BCUT2D eigenvalue weighted by Gasteiger charge is -1.99. The number of thioether (sulfide) groups is 1. The summed E-state index contributed by atoms with van der Waals surface area (Å²) in [6, 6.07) is 9.52. The van der Waals surface area contributed by atoms with Crippen molar-refractivity contribution in [3.8, 4) is 0 Å². The molecule has 2 N–H and O–H groups in total. The van der Waals surface area contributed by atoms with Gasteiger partial charge in [0, 0.05) is 4.90 Å². The van der Waals surface area contributed by atoms with Crippen LogP contribution in [-0.2, 0) is 4.79 Å². The van der Waals surface area contributed by atoms with Crippen LogP contribution in [0.2, 0.25) is 0 Å². The Hall–Kier alpha value is -1.22. The lowest BCUT2D eigenvalue weighted by atomic mass is 10.4. The number of carbonyl (C=O) groups excluding carboxylic acids is 1. The monoisotopic (exact) mass is 179 g/mol. The SMILES string of the molecule is C=C(Sc1ccccc1)C(N)=O. The largest absolute Gasteiger partial charge is 0.365 e. The van der Waals surface area contributed by atoms with Crippen LogP contribution in [0, 0.1) is 0 Å². The zero-order chi connectivity index (χ0) is 8.97. The molecule has 0 radical (unpaired) electrons. The van der Waals surface area contributed by atoms with Crippen LogP contribution in [0.4, 0.5) is 0 Å². The Labute approximate surface area is 75.5 Å². The Balaban J connectivity index is 2.65. The van der Waals surface area contributed by atoms with Crippen molar-refractivity contribution in [2.75, 3.05) is 0 Å². The maximum Gasteiger partial charge on any atom is 0.254 e. The van der Waals surface area contributed by atoms with Gasteiger partial charge in [-0.2, -0.15) is 0 Å². The van der Waals surface area contributed by atoms with Crippen molar-refractivity contribution in [2.24, 2.45) is 5.73 Å². The van der Waals surface area contributed by atoms with Gasteiger partial charge in [-0.15, -0.1) is 0 Å². The highest BCUT2D eigenvalue weighted by Gasteiger charge is 2.02. The summed E-state index contributed by atoms with van der Waals surface area (Å²) in [5, 5.41) is 0. The lowest BCUT2D eigenvalue weighted by molar-refractivity contribution is -0.113. The average molecular weight is 179 g/mol. The van der Waals surface area contributed by atoms with E-state index in [1.54, 1.807) is 0 Å². The maximum atomic E-state index is 10.6. The number of benzene rings is 1. The van der Waals surface area contributed by atoms with Gasteiger partial charge in [0.1, 0.15) is 0 Å². The number of hydrogen-bond donors (Lipinski definition) is 1. The van der Waals surface area contributed by atoms with Crippen molar-refractivity contribution in [3.05, 3.63) is 41.8 Å². The molecule has 12 heavy (non-hydrogen) atoms. The molecule has 0 fully saturated rings. The van der Waals surface area contributed by atoms with E-state index in [1.807, 2.05) is 30.3 Å². The molecule has 3 heteroatoms. The molecule has 0 aliphatic heterocycles. The van der Waals surface area contributed by atoms with E-state index in [2.05, 4.69) is 6.58 Å². The van der Waals surface area contributed by atoms with Gasteiger partial charge in [-0.3, -0.25) is 4.79 Å². The topological polar surface area (TPSA) is 43.1 Å². The minimum Gasteiger partial charge on any atom is -0.365 e. The summed E-state index contributed by atoms with van der Waals surface area (Å²) in [6.07, 6.45) is 0. The molecule has 0 saturated carbocycles. The minimum absolute atomic E-state index is 0.362. The third-order valence-corrected chi connectivity index (χ3v) is 2.21. The summed E-state index contributed by atoms with van der Waals surface area (Å²) in [6.45, 7) is 3.54. The van der Waals surface area contributed by atoms with Gasteiger partial charge in [-0.25, -0.2) is 0 Å². The normalized spacial score (nSPS) is 9.33. The average Bonchev–Trinajstić information content (AvgIpc) is 2.06. The fraction of sp³-hybridized carbons (Fsp3) is 0. The molecule has 1 aromatic carbocycles. The van der Waals surface area contributed by atoms with Crippen molar-refractivity contribution >= 4 is 17.7 Å². The molecule has 0 bridgehead atoms. The molecule has 0 aliphatic carbocycles. The van der Waals surface area contributed by atoms with Crippen LogP contribution in [0.1, 0.15) is 0 Å². The fourth-order valence-corrected chi connectivity index (χ4v) is 1.36. The van der Waals surface area contributed by atoms with Gasteiger partial charge in [0.15, 0.2) is 0 Å². The van der Waals surface area contributed by atoms with E-state index in [0.717, 1.165) is 4.90 Å². The number of carbonyl (C=O) groups is 1. The molecular formula is C9H9NOS. The molecule has 0 spiro atoms. The predicted octanol–water partition coefficient (Wildman–Crippen LogP) is 1.78. The molecule has 1 amide bonds. The van der Waals surface area contributed by atoms with Crippen LogP contribution in [0.3, 0.4) is 0 Å². The van der Waals surface area contributed by atoms with Gasteiger partial charge < -0.3 is 5.73 Å². The minimum atomic E-state index is -0.469. The Kier molecular flexibility index (Phi) is 2.94. The first-order chi connectivity index (χ1) is 5.70. The lowest BCUT2D eigenvalue weighted by Crippen LogP contribution is -2.10. The predicted molar refractivity (Wildman–Crippen MR) is 50.6 cm³/mol. The highest BCUT2D eigenvalue weighted by molar-refractivity contribution is 8.04. The zero-order valence-corrected chi connectivity index (χ0v) is 7.30. The smallest absolute Gasteiger partial charge is 0.254 e. The van der Waals surface area contributed by atoms with Gasteiger partial charge in [0.25, 0.3) is 5.91 Å². The first kappa shape index (κ1) is 8.87. The number of primary amides is 1. The molecule has 0 aromatic heterocycles. The van der Waals surface area contributed by atoms with Crippen molar-refractivity contribution in [2.45, 2.75) is 4.90 Å². The van der Waals surface area contributed by atoms with Crippen LogP contribution < -0.4 is 5.73 Å². The van der Waals surface area contributed by atoms with E-state index in [-0.39, 0.29) is 0 Å².